The van der Waals surface area contributed by atoms with Gasteiger partial charge >= 0.3 is 0 Å². The van der Waals surface area contributed by atoms with Crippen molar-refractivity contribution in [2.75, 3.05) is 6.54 Å². The molecule has 2 rings (SSSR count). The summed E-state index contributed by atoms with van der Waals surface area (Å²) in [4.78, 5) is 23.7. The first-order valence-electron chi connectivity index (χ1n) is 6.43. The van der Waals surface area contributed by atoms with Gasteiger partial charge in [0.05, 0.1) is 29.4 Å². The highest BCUT2D eigenvalue weighted by molar-refractivity contribution is 6.33. The molecule has 0 aliphatic rings. The molecule has 5 nitrogen and oxygen atoms in total. The Balaban J connectivity index is 1.84. The minimum Gasteiger partial charge on any atom is -0.467 e. The Bertz CT molecular complexity index is 626. The summed E-state index contributed by atoms with van der Waals surface area (Å²) >= 11 is 5.91. The van der Waals surface area contributed by atoms with Crippen LogP contribution in [-0.2, 0) is 4.79 Å². The fraction of sp³-hybridized carbons (Fsp3) is 0.200. The van der Waals surface area contributed by atoms with Crippen LogP contribution in [0.25, 0.3) is 0 Å². The number of furan rings is 1. The Labute approximate surface area is 127 Å². The minimum atomic E-state index is -0.388. The summed E-state index contributed by atoms with van der Waals surface area (Å²) in [5, 5.41) is 5.59. The summed E-state index contributed by atoms with van der Waals surface area (Å²) < 4.78 is 5.19. The van der Waals surface area contributed by atoms with Crippen LogP contribution in [0.3, 0.4) is 0 Å². The van der Waals surface area contributed by atoms with Gasteiger partial charge in [0.15, 0.2) is 0 Å². The van der Waals surface area contributed by atoms with Crippen molar-refractivity contribution >= 4 is 23.4 Å². The Morgan fingerprint density at radius 1 is 1.24 bits per heavy atom. The molecule has 1 atom stereocenters. The van der Waals surface area contributed by atoms with Crippen LogP contribution < -0.4 is 10.6 Å². The average molecular weight is 307 g/mol. The molecule has 1 aromatic carbocycles. The quantitative estimate of drug-likeness (QED) is 0.891. The highest BCUT2D eigenvalue weighted by Crippen LogP contribution is 2.14. The van der Waals surface area contributed by atoms with Crippen molar-refractivity contribution < 1.29 is 14.0 Å². The van der Waals surface area contributed by atoms with E-state index in [0.717, 1.165) is 0 Å². The van der Waals surface area contributed by atoms with Crippen LogP contribution in [0.4, 0.5) is 0 Å². The van der Waals surface area contributed by atoms with Crippen LogP contribution in [-0.4, -0.2) is 18.4 Å². The lowest BCUT2D eigenvalue weighted by Gasteiger charge is -2.12. The van der Waals surface area contributed by atoms with E-state index in [1.807, 2.05) is 0 Å². The lowest BCUT2D eigenvalue weighted by Crippen LogP contribution is -2.38. The van der Waals surface area contributed by atoms with E-state index < -0.39 is 0 Å². The normalized spacial score (nSPS) is 11.7. The summed E-state index contributed by atoms with van der Waals surface area (Å²) in [6.07, 6.45) is 1.54. The predicted octanol–water partition coefficient (Wildman–Crippen LogP) is 2.54. The molecule has 110 valence electrons. The van der Waals surface area contributed by atoms with Gasteiger partial charge in [-0.1, -0.05) is 23.7 Å². The largest absolute Gasteiger partial charge is 0.467 e. The molecular formula is C15H15ClN2O3. The number of nitrogens with one attached hydrogen (secondary N) is 2. The number of benzene rings is 1. The summed E-state index contributed by atoms with van der Waals surface area (Å²) in [5.74, 6) is -0.0403. The number of hydrogen-bond donors (Lipinski definition) is 2. The molecule has 0 aliphatic heterocycles. The fourth-order valence-electron chi connectivity index (χ4n) is 1.80. The molecule has 2 amide bonds. The molecule has 0 aliphatic carbocycles. The minimum absolute atomic E-state index is 0.130. The maximum Gasteiger partial charge on any atom is 0.253 e. The molecule has 0 radical (unpaired) electrons. The van der Waals surface area contributed by atoms with Crippen LogP contribution in [0.2, 0.25) is 5.02 Å². The van der Waals surface area contributed by atoms with E-state index in [2.05, 4.69) is 10.6 Å². The topological polar surface area (TPSA) is 71.3 Å². The molecular weight excluding hydrogens is 292 g/mol. The fourth-order valence-corrected chi connectivity index (χ4v) is 2.02. The highest BCUT2D eigenvalue weighted by atomic mass is 35.5. The molecule has 1 aromatic heterocycles. The third kappa shape index (κ3) is 4.10. The lowest BCUT2D eigenvalue weighted by molar-refractivity contribution is -0.120. The molecule has 0 spiro atoms. The molecule has 0 fully saturated rings. The Morgan fingerprint density at radius 2 is 2.00 bits per heavy atom. The van der Waals surface area contributed by atoms with Crippen molar-refractivity contribution in [2.45, 2.75) is 13.0 Å². The molecule has 0 unspecified atom stereocenters. The second-order valence-corrected chi connectivity index (χ2v) is 4.87. The predicted molar refractivity (Wildman–Crippen MR) is 79.1 cm³/mol. The number of carbonyl (C=O) groups is 2. The highest BCUT2D eigenvalue weighted by Gasteiger charge is 2.14. The first-order valence-corrected chi connectivity index (χ1v) is 6.81. The second-order valence-electron chi connectivity index (χ2n) is 4.47. The van der Waals surface area contributed by atoms with Gasteiger partial charge in [-0.3, -0.25) is 9.59 Å². The van der Waals surface area contributed by atoms with Gasteiger partial charge in [0.2, 0.25) is 5.91 Å². The van der Waals surface area contributed by atoms with Gasteiger partial charge in [0.1, 0.15) is 5.76 Å². The van der Waals surface area contributed by atoms with Gasteiger partial charge in [-0.25, -0.2) is 0 Å². The zero-order valence-electron chi connectivity index (χ0n) is 11.4. The standard InChI is InChI=1S/C15H15ClN2O3/c1-10(13-7-4-8-21-13)18-14(19)9-17-15(20)11-5-2-3-6-12(11)16/h2-8,10H,9H2,1H3,(H,17,20)(H,18,19)/t10-/m1/s1. The summed E-state index contributed by atoms with van der Waals surface area (Å²) in [5.41, 5.74) is 0.339. The Kier molecular flexibility index (Phi) is 5.00. The third-order valence-corrected chi connectivity index (χ3v) is 3.21. The molecule has 21 heavy (non-hydrogen) atoms. The van der Waals surface area contributed by atoms with Crippen molar-refractivity contribution in [3.05, 3.63) is 59.0 Å². The number of halogens is 1. The van der Waals surface area contributed by atoms with Crippen LogP contribution >= 0.6 is 11.6 Å². The van der Waals surface area contributed by atoms with Gasteiger partial charge in [-0.15, -0.1) is 0 Å². The van der Waals surface area contributed by atoms with Crippen molar-refractivity contribution in [3.63, 3.8) is 0 Å². The molecule has 1 heterocycles. The monoisotopic (exact) mass is 306 g/mol. The van der Waals surface area contributed by atoms with E-state index in [1.165, 1.54) is 6.26 Å². The van der Waals surface area contributed by atoms with Crippen molar-refractivity contribution in [3.8, 4) is 0 Å². The zero-order valence-corrected chi connectivity index (χ0v) is 12.2. The lowest BCUT2D eigenvalue weighted by atomic mass is 10.2. The zero-order chi connectivity index (χ0) is 15.2. The van der Waals surface area contributed by atoms with Crippen LogP contribution in [0, 0.1) is 0 Å². The first-order chi connectivity index (χ1) is 10.1. The van der Waals surface area contributed by atoms with Crippen molar-refractivity contribution in [2.24, 2.45) is 0 Å². The van der Waals surface area contributed by atoms with Gasteiger partial charge in [-0.05, 0) is 31.2 Å². The number of amides is 2. The van der Waals surface area contributed by atoms with Crippen molar-refractivity contribution in [1.29, 1.82) is 0 Å². The van der Waals surface area contributed by atoms with Gasteiger partial charge < -0.3 is 15.1 Å². The van der Waals surface area contributed by atoms with Gasteiger partial charge in [0, 0.05) is 0 Å². The van der Waals surface area contributed by atoms with Crippen LogP contribution in [0.15, 0.2) is 47.1 Å². The molecule has 0 saturated carbocycles. The maximum absolute atomic E-state index is 11.9. The molecule has 6 heteroatoms. The van der Waals surface area contributed by atoms with E-state index in [-0.39, 0.29) is 24.4 Å². The van der Waals surface area contributed by atoms with Gasteiger partial charge in [-0.2, -0.15) is 0 Å². The van der Waals surface area contributed by atoms with E-state index >= 15 is 0 Å². The Hall–Kier alpha value is -2.27. The number of carbonyl (C=O) groups excluding carboxylic acids is 2. The Morgan fingerprint density at radius 3 is 2.67 bits per heavy atom. The maximum atomic E-state index is 11.9. The molecule has 0 bridgehead atoms. The number of rotatable bonds is 5. The summed E-state index contributed by atoms with van der Waals surface area (Å²) in [6, 6.07) is 9.92. The smallest absolute Gasteiger partial charge is 0.253 e. The van der Waals surface area contributed by atoms with Crippen LogP contribution in [0.1, 0.15) is 29.1 Å². The van der Waals surface area contributed by atoms with E-state index in [9.17, 15) is 9.59 Å². The molecule has 2 aromatic rings. The third-order valence-electron chi connectivity index (χ3n) is 2.88. The molecule has 0 saturated heterocycles. The SMILES string of the molecule is C[C@@H](NC(=O)CNC(=O)c1ccccc1Cl)c1ccco1. The first kappa shape index (κ1) is 15.1. The van der Waals surface area contributed by atoms with E-state index in [0.29, 0.717) is 16.3 Å². The number of hydrogen-bond acceptors (Lipinski definition) is 3. The van der Waals surface area contributed by atoms with Gasteiger partial charge in [0.25, 0.3) is 5.91 Å². The van der Waals surface area contributed by atoms with Crippen molar-refractivity contribution in [1.82, 2.24) is 10.6 Å². The molecule has 2 N–H and O–H groups in total. The summed E-state index contributed by atoms with van der Waals surface area (Å²) in [6.45, 7) is 1.67. The van der Waals surface area contributed by atoms with E-state index in [1.54, 1.807) is 43.3 Å². The van der Waals surface area contributed by atoms with Crippen LogP contribution in [0.5, 0.6) is 0 Å². The van der Waals surface area contributed by atoms with E-state index in [4.69, 9.17) is 16.0 Å². The summed E-state index contributed by atoms with van der Waals surface area (Å²) in [7, 11) is 0. The second kappa shape index (κ2) is 6.95. The average Bonchev–Trinajstić information content (AvgIpc) is 2.99.